The van der Waals surface area contributed by atoms with Crippen LogP contribution in [0.2, 0.25) is 0 Å². The molecule has 1 aromatic heterocycles. The van der Waals surface area contributed by atoms with Gasteiger partial charge in [-0.25, -0.2) is 0 Å². The Labute approximate surface area is 55.2 Å². The van der Waals surface area contributed by atoms with Gasteiger partial charge in [0.2, 0.25) is 0 Å². The summed E-state index contributed by atoms with van der Waals surface area (Å²) in [5.74, 6) is 0. The molecule has 1 rings (SSSR count). The van der Waals surface area contributed by atoms with Gasteiger partial charge in [0.1, 0.15) is 0 Å². The Kier molecular flexibility index (Phi) is 1.55. The summed E-state index contributed by atoms with van der Waals surface area (Å²) in [7, 11) is 0. The lowest BCUT2D eigenvalue weighted by Crippen LogP contribution is -1.63. The maximum absolute atomic E-state index is 9.96. The van der Waals surface area contributed by atoms with Crippen LogP contribution in [0.4, 0.5) is 0 Å². The second-order valence-corrected chi connectivity index (χ2v) is 2.95. The highest BCUT2D eigenvalue weighted by Gasteiger charge is 1.87. The SMILES string of the molecule is O=Cc1c[nH]c(=S)s1. The molecule has 0 aliphatic carbocycles. The number of rotatable bonds is 1. The Balaban J connectivity index is 3.18. The van der Waals surface area contributed by atoms with E-state index in [9.17, 15) is 4.79 Å². The summed E-state index contributed by atoms with van der Waals surface area (Å²) in [6.07, 6.45) is 2.37. The average molecular weight is 145 g/mol. The zero-order chi connectivity index (χ0) is 5.98. The fraction of sp³-hybridized carbons (Fsp3) is 0. The number of thiazole rings is 1. The molecule has 0 saturated carbocycles. The molecule has 0 fully saturated rings. The van der Waals surface area contributed by atoms with Crippen LogP contribution >= 0.6 is 23.6 Å². The topological polar surface area (TPSA) is 32.9 Å². The quantitative estimate of drug-likeness (QED) is 0.481. The first-order chi connectivity index (χ1) is 3.83. The molecule has 0 aliphatic heterocycles. The maximum atomic E-state index is 9.96. The van der Waals surface area contributed by atoms with Crippen LogP contribution in [0.15, 0.2) is 6.20 Å². The fourth-order valence-electron chi connectivity index (χ4n) is 0.354. The highest BCUT2D eigenvalue weighted by molar-refractivity contribution is 7.73. The van der Waals surface area contributed by atoms with Gasteiger partial charge in [0.25, 0.3) is 0 Å². The zero-order valence-electron chi connectivity index (χ0n) is 3.88. The zero-order valence-corrected chi connectivity index (χ0v) is 5.51. The molecule has 0 saturated heterocycles. The van der Waals surface area contributed by atoms with Gasteiger partial charge < -0.3 is 4.98 Å². The molecule has 0 aromatic carbocycles. The normalized spacial score (nSPS) is 9.00. The van der Waals surface area contributed by atoms with Gasteiger partial charge in [-0.2, -0.15) is 0 Å². The minimum atomic E-state index is 0.645. The third-order valence-corrected chi connectivity index (χ3v) is 1.78. The van der Waals surface area contributed by atoms with Gasteiger partial charge in [0.05, 0.1) is 4.88 Å². The van der Waals surface area contributed by atoms with Crippen molar-refractivity contribution in [2.45, 2.75) is 0 Å². The first kappa shape index (κ1) is 5.65. The van der Waals surface area contributed by atoms with Crippen LogP contribution in [-0.4, -0.2) is 11.3 Å². The summed E-state index contributed by atoms with van der Waals surface area (Å²) in [6, 6.07) is 0. The van der Waals surface area contributed by atoms with Gasteiger partial charge in [-0.15, -0.1) is 11.3 Å². The van der Waals surface area contributed by atoms with Crippen molar-refractivity contribution < 1.29 is 4.79 Å². The van der Waals surface area contributed by atoms with Crippen LogP contribution in [0.3, 0.4) is 0 Å². The van der Waals surface area contributed by atoms with Gasteiger partial charge in [-0.05, 0) is 12.2 Å². The number of carbonyl (C=O) groups is 1. The molecule has 1 aromatic rings. The second kappa shape index (κ2) is 2.19. The molecule has 1 heterocycles. The van der Waals surface area contributed by atoms with Crippen LogP contribution in [0.5, 0.6) is 0 Å². The first-order valence-corrected chi connectivity index (χ1v) is 3.19. The molecule has 2 nitrogen and oxygen atoms in total. The van der Waals surface area contributed by atoms with Gasteiger partial charge in [0, 0.05) is 6.20 Å². The predicted octanol–water partition coefficient (Wildman–Crippen LogP) is 1.62. The number of nitrogens with one attached hydrogen (secondary N) is 1. The number of aromatic amines is 1. The monoisotopic (exact) mass is 145 g/mol. The van der Waals surface area contributed by atoms with E-state index in [1.54, 1.807) is 6.20 Å². The number of aldehydes is 1. The van der Waals surface area contributed by atoms with Crippen molar-refractivity contribution >= 4 is 29.8 Å². The molecular formula is C4H3NOS2. The molecule has 1 N–H and O–H groups in total. The number of hydrogen-bond donors (Lipinski definition) is 1. The summed E-state index contributed by atoms with van der Waals surface area (Å²) < 4.78 is 0.645. The largest absolute Gasteiger partial charge is 0.343 e. The van der Waals surface area contributed by atoms with Crippen molar-refractivity contribution in [3.8, 4) is 0 Å². The fourth-order valence-corrected chi connectivity index (χ4v) is 1.20. The van der Waals surface area contributed by atoms with Crippen molar-refractivity contribution in [3.05, 3.63) is 15.0 Å². The van der Waals surface area contributed by atoms with Crippen molar-refractivity contribution in [2.24, 2.45) is 0 Å². The lowest BCUT2D eigenvalue weighted by atomic mass is 10.6. The minimum Gasteiger partial charge on any atom is -0.343 e. The smallest absolute Gasteiger partial charge is 0.161 e. The molecule has 8 heavy (non-hydrogen) atoms. The van der Waals surface area contributed by atoms with E-state index in [0.717, 1.165) is 6.29 Å². The van der Waals surface area contributed by atoms with Crippen LogP contribution in [0.25, 0.3) is 0 Å². The number of H-pyrrole nitrogens is 1. The highest BCUT2D eigenvalue weighted by atomic mass is 32.1. The molecular weight excluding hydrogens is 142 g/mol. The van der Waals surface area contributed by atoms with E-state index in [1.165, 1.54) is 11.3 Å². The Morgan fingerprint density at radius 2 is 2.62 bits per heavy atom. The van der Waals surface area contributed by atoms with Crippen molar-refractivity contribution in [1.29, 1.82) is 0 Å². The van der Waals surface area contributed by atoms with Gasteiger partial charge in [0.15, 0.2) is 10.2 Å². The molecule has 0 atom stereocenters. The standard InChI is InChI=1S/C4H3NOS2/c6-2-3-1-5-4(7)8-3/h1-2H,(H,5,7). The first-order valence-electron chi connectivity index (χ1n) is 1.96. The van der Waals surface area contributed by atoms with Crippen LogP contribution in [0.1, 0.15) is 9.67 Å². The number of carbonyl (C=O) groups excluding carboxylic acids is 1. The third kappa shape index (κ3) is 1.02. The average Bonchev–Trinajstić information content (AvgIpc) is 2.14. The van der Waals surface area contributed by atoms with E-state index in [0.29, 0.717) is 8.83 Å². The summed E-state index contributed by atoms with van der Waals surface area (Å²) >= 11 is 5.98. The van der Waals surface area contributed by atoms with Crippen molar-refractivity contribution in [1.82, 2.24) is 4.98 Å². The molecule has 0 unspecified atom stereocenters. The summed E-state index contributed by atoms with van der Waals surface area (Å²) in [5, 5.41) is 0. The second-order valence-electron chi connectivity index (χ2n) is 1.20. The van der Waals surface area contributed by atoms with E-state index in [4.69, 9.17) is 12.2 Å². The summed E-state index contributed by atoms with van der Waals surface area (Å²) in [4.78, 5) is 13.3. The molecule has 0 radical (unpaired) electrons. The molecule has 0 amide bonds. The Bertz CT molecular complexity index is 236. The van der Waals surface area contributed by atoms with E-state index >= 15 is 0 Å². The van der Waals surface area contributed by atoms with E-state index in [1.807, 2.05) is 0 Å². The Morgan fingerprint density at radius 3 is 2.88 bits per heavy atom. The maximum Gasteiger partial charge on any atom is 0.161 e. The molecule has 0 bridgehead atoms. The van der Waals surface area contributed by atoms with Gasteiger partial charge in [-0.3, -0.25) is 4.79 Å². The predicted molar refractivity (Wildman–Crippen MR) is 34.9 cm³/mol. The van der Waals surface area contributed by atoms with Crippen LogP contribution in [-0.2, 0) is 0 Å². The Hall–Kier alpha value is -0.480. The van der Waals surface area contributed by atoms with Crippen molar-refractivity contribution in [2.75, 3.05) is 0 Å². The highest BCUT2D eigenvalue weighted by Crippen LogP contribution is 2.03. The van der Waals surface area contributed by atoms with Gasteiger partial charge >= 0.3 is 0 Å². The molecule has 0 aliphatic rings. The molecule has 4 heteroatoms. The summed E-state index contributed by atoms with van der Waals surface area (Å²) in [5.41, 5.74) is 0. The van der Waals surface area contributed by atoms with Crippen LogP contribution < -0.4 is 0 Å². The third-order valence-electron chi connectivity index (χ3n) is 0.659. The van der Waals surface area contributed by atoms with Crippen LogP contribution in [0, 0.1) is 3.95 Å². The number of hydrogen-bond acceptors (Lipinski definition) is 3. The summed E-state index contributed by atoms with van der Waals surface area (Å²) in [6.45, 7) is 0. The molecule has 42 valence electrons. The van der Waals surface area contributed by atoms with Crippen molar-refractivity contribution in [3.63, 3.8) is 0 Å². The molecule has 0 spiro atoms. The van der Waals surface area contributed by atoms with Gasteiger partial charge in [-0.1, -0.05) is 0 Å². The lowest BCUT2D eigenvalue weighted by Gasteiger charge is -1.64. The lowest BCUT2D eigenvalue weighted by molar-refractivity contribution is 0.112. The van der Waals surface area contributed by atoms with E-state index in [-0.39, 0.29) is 0 Å². The number of aromatic nitrogens is 1. The van der Waals surface area contributed by atoms with E-state index in [2.05, 4.69) is 4.98 Å². The Morgan fingerprint density at radius 1 is 1.88 bits per heavy atom. The van der Waals surface area contributed by atoms with E-state index < -0.39 is 0 Å². The minimum absolute atomic E-state index is 0.645.